The van der Waals surface area contributed by atoms with Crippen LogP contribution in [0.15, 0.2) is 57.8 Å². The molecular formula is C38H12F4N8O2S3. The van der Waals surface area contributed by atoms with Gasteiger partial charge in [-0.1, -0.05) is 0 Å². The highest BCUT2D eigenvalue weighted by Gasteiger charge is 2.37. The zero-order chi connectivity index (χ0) is 38.8. The number of rotatable bonds is 2. The van der Waals surface area contributed by atoms with Crippen LogP contribution in [0.25, 0.3) is 61.7 Å². The Bertz CT molecular complexity index is 3120. The summed E-state index contributed by atoms with van der Waals surface area (Å²) in [5, 5.41) is 20.0. The van der Waals surface area contributed by atoms with Crippen LogP contribution in [0.5, 0.6) is 0 Å². The Labute approximate surface area is 317 Å². The van der Waals surface area contributed by atoms with Gasteiger partial charge in [0.2, 0.25) is 11.6 Å². The van der Waals surface area contributed by atoms with Gasteiger partial charge in [0.05, 0.1) is 66.1 Å². The molecule has 0 N–H and O–H groups in total. The molecule has 55 heavy (non-hydrogen) atoms. The van der Waals surface area contributed by atoms with E-state index in [4.69, 9.17) is 13.1 Å². The molecule has 0 saturated heterocycles. The number of aliphatic imine (C=N–C) groups is 2. The van der Waals surface area contributed by atoms with E-state index in [-0.39, 0.29) is 44.8 Å². The Kier molecular flexibility index (Phi) is 7.21. The van der Waals surface area contributed by atoms with Gasteiger partial charge in [-0.15, -0.1) is 34.0 Å². The number of hydrogen-bond donors (Lipinski definition) is 0. The van der Waals surface area contributed by atoms with Gasteiger partial charge >= 0.3 is 0 Å². The Hall–Kier alpha value is -7.02. The van der Waals surface area contributed by atoms with E-state index in [1.807, 2.05) is 23.2 Å². The number of nitriles is 2. The Morgan fingerprint density at radius 2 is 0.982 bits per heavy atom. The summed E-state index contributed by atoms with van der Waals surface area (Å²) >= 11 is 3.99. The molecule has 2 aromatic carbocycles. The number of fused-ring (bicyclic) bond motifs is 9. The highest BCUT2D eigenvalue weighted by molar-refractivity contribution is 7.35. The molecule has 0 fully saturated rings. The topological polar surface area (TPSA) is 125 Å². The van der Waals surface area contributed by atoms with Crippen molar-refractivity contribution in [3.63, 3.8) is 0 Å². The lowest BCUT2D eigenvalue weighted by Gasteiger charge is -2.02. The second kappa shape index (κ2) is 11.7. The summed E-state index contributed by atoms with van der Waals surface area (Å²) in [5.41, 5.74) is 0.974. The van der Waals surface area contributed by atoms with Gasteiger partial charge in [-0.2, -0.15) is 0 Å². The van der Waals surface area contributed by atoms with Crippen molar-refractivity contribution in [3.05, 3.63) is 116 Å². The number of hydrogen-bond acceptors (Lipinski definition) is 9. The summed E-state index contributed by atoms with van der Waals surface area (Å²) in [7, 11) is 3.73. The summed E-state index contributed by atoms with van der Waals surface area (Å²) in [5.74, 6) is -6.45. The van der Waals surface area contributed by atoms with Crippen molar-refractivity contribution in [1.29, 1.82) is 10.5 Å². The Morgan fingerprint density at radius 1 is 0.618 bits per heavy atom. The number of carbonyl (C=O) groups excluding carboxylic acids is 2. The quantitative estimate of drug-likeness (QED) is 0.0983. The number of aryl methyl sites for hydroxylation is 2. The maximum absolute atomic E-state index is 14.3. The molecule has 10 nitrogen and oxygen atoms in total. The molecule has 0 radical (unpaired) electrons. The Morgan fingerprint density at radius 3 is 1.33 bits per heavy atom. The van der Waals surface area contributed by atoms with E-state index in [0.29, 0.717) is 10.0 Å². The second-order valence-electron chi connectivity index (χ2n) is 12.3. The van der Waals surface area contributed by atoms with Crippen LogP contribution in [0.2, 0.25) is 0 Å². The molecule has 0 atom stereocenters. The molecule has 0 spiro atoms. The predicted octanol–water partition coefficient (Wildman–Crippen LogP) is 9.96. The van der Waals surface area contributed by atoms with Crippen LogP contribution in [-0.2, 0) is 14.1 Å². The van der Waals surface area contributed by atoms with Crippen LogP contribution in [-0.4, -0.2) is 32.1 Å². The van der Waals surface area contributed by atoms with Crippen LogP contribution >= 0.6 is 34.0 Å². The van der Waals surface area contributed by atoms with Crippen molar-refractivity contribution in [2.24, 2.45) is 24.1 Å². The van der Waals surface area contributed by atoms with Crippen molar-refractivity contribution in [2.75, 3.05) is 0 Å². The Balaban J connectivity index is 1.18. The van der Waals surface area contributed by atoms with E-state index in [0.717, 1.165) is 65.1 Å². The monoisotopic (exact) mass is 784 g/mol. The summed E-state index contributed by atoms with van der Waals surface area (Å²) in [4.78, 5) is 42.4. The minimum atomic E-state index is -1.25. The highest BCUT2D eigenvalue weighted by atomic mass is 32.1. The van der Waals surface area contributed by atoms with Crippen LogP contribution in [0, 0.1) is 59.1 Å². The van der Waals surface area contributed by atoms with Crippen molar-refractivity contribution in [2.45, 2.75) is 0 Å². The number of ketones is 2. The third-order valence-electron chi connectivity index (χ3n) is 9.47. The van der Waals surface area contributed by atoms with Gasteiger partial charge in [-0.25, -0.2) is 47.8 Å². The van der Waals surface area contributed by atoms with Gasteiger partial charge in [-0.05, 0) is 47.5 Å². The van der Waals surface area contributed by atoms with Gasteiger partial charge in [0.15, 0.2) is 23.3 Å². The average molecular weight is 785 g/mol. The smallest absolute Gasteiger partial charge is 0.271 e. The third kappa shape index (κ3) is 4.52. The average Bonchev–Trinajstić information content (AvgIpc) is 4.02. The maximum Gasteiger partial charge on any atom is 0.271 e. The minimum absolute atomic E-state index is 0.0820. The first kappa shape index (κ1) is 33.8. The second-order valence-corrected chi connectivity index (χ2v) is 15.4. The fourth-order valence-corrected chi connectivity index (χ4v) is 10.8. The zero-order valence-electron chi connectivity index (χ0n) is 27.6. The molecule has 2 aliphatic carbocycles. The van der Waals surface area contributed by atoms with E-state index in [2.05, 4.69) is 19.7 Å². The lowest BCUT2D eigenvalue weighted by molar-refractivity contribution is 0.106. The summed E-state index contributed by atoms with van der Waals surface area (Å²) < 4.78 is 64.2. The summed E-state index contributed by atoms with van der Waals surface area (Å²) in [6.07, 6.45) is 0. The van der Waals surface area contributed by atoms with Gasteiger partial charge in [-0.3, -0.25) is 9.59 Å². The van der Waals surface area contributed by atoms with E-state index in [1.165, 1.54) is 34.0 Å². The van der Waals surface area contributed by atoms with E-state index >= 15 is 0 Å². The molecule has 2 aliphatic rings. The largest absolute Gasteiger partial charge is 0.340 e. The van der Waals surface area contributed by atoms with E-state index in [1.54, 1.807) is 24.3 Å². The first-order valence-corrected chi connectivity index (χ1v) is 18.1. The lowest BCUT2D eigenvalue weighted by atomic mass is 10.0. The van der Waals surface area contributed by atoms with Crippen molar-refractivity contribution in [3.8, 4) is 12.1 Å². The molecule has 0 amide bonds. The van der Waals surface area contributed by atoms with Crippen molar-refractivity contribution in [1.82, 2.24) is 9.13 Å². The standard InChI is InChI=1S/C38H12F4N8O2S3/c1-45-21(11-43)27-13-5-17(39)19(41)7-15(13)33(51)29(27)47-25-9-23-35(53-25)37-31(49(23)3)32-38(55-37)36-24(50(32)4)10-26(54-36)48-30-28(22(12-44)46-2)14-6-18(40)20(42)8-16(14)34(30)52/h5-10H,3-4H3/b27-21+,28-22?,47-29?,48-30?. The highest BCUT2D eigenvalue weighted by Crippen LogP contribution is 2.51. The third-order valence-corrected chi connectivity index (χ3v) is 13.0. The molecule has 7 aromatic rings. The molecule has 0 aliphatic heterocycles. The SMILES string of the molecule is [C-]#[N+]C(C#N)=C1C(=Nc2cc3c(s2)c2sc4c5sc(N=C6C(=O)c7cc(F)c(F)cc7/C6=C(/C#N)[N+]#[C-])cc5n(C)c4c2n3C)C(=O)c2cc(F)c(F)cc21. The van der Waals surface area contributed by atoms with Crippen LogP contribution in [0.4, 0.5) is 27.6 Å². The molecule has 0 unspecified atom stereocenters. The molecule has 17 heteroatoms. The number of nitrogens with zero attached hydrogens (tertiary/aromatic N) is 8. The summed E-state index contributed by atoms with van der Waals surface area (Å²) in [6, 6.07) is 10.0. The molecule has 9 rings (SSSR count). The number of halogens is 4. The lowest BCUT2D eigenvalue weighted by Crippen LogP contribution is -2.07. The van der Waals surface area contributed by atoms with Crippen molar-refractivity contribution < 1.29 is 27.2 Å². The number of allylic oxidation sites excluding steroid dienone is 4. The van der Waals surface area contributed by atoms with Gasteiger partial charge in [0.25, 0.3) is 11.4 Å². The minimum Gasteiger partial charge on any atom is -0.340 e. The number of carbonyl (C=O) groups is 2. The first-order chi connectivity index (χ1) is 26.4. The van der Waals surface area contributed by atoms with Gasteiger partial charge in [0.1, 0.15) is 21.4 Å². The number of thiophene rings is 3. The van der Waals surface area contributed by atoms with Crippen LogP contribution < -0.4 is 0 Å². The molecular weight excluding hydrogens is 773 g/mol. The predicted molar refractivity (Wildman–Crippen MR) is 202 cm³/mol. The number of Topliss-reactive ketones (excluding diaryl/α,β-unsaturated/α-hetero) is 2. The van der Waals surface area contributed by atoms with Gasteiger partial charge < -0.3 is 9.13 Å². The van der Waals surface area contributed by atoms with E-state index < -0.39 is 46.2 Å². The van der Waals surface area contributed by atoms with Gasteiger partial charge in [0, 0.05) is 36.4 Å². The van der Waals surface area contributed by atoms with Crippen LogP contribution in [0.3, 0.4) is 0 Å². The molecule has 262 valence electrons. The fourth-order valence-electron chi connectivity index (χ4n) is 7.06. The molecule has 5 heterocycles. The number of aromatic nitrogens is 2. The molecule has 0 saturated carbocycles. The molecule has 5 aromatic heterocycles. The van der Waals surface area contributed by atoms with Crippen molar-refractivity contribution >= 4 is 119 Å². The number of benzene rings is 2. The van der Waals surface area contributed by atoms with Crippen LogP contribution in [0.1, 0.15) is 31.8 Å². The maximum atomic E-state index is 14.3. The zero-order valence-corrected chi connectivity index (χ0v) is 30.0. The van der Waals surface area contributed by atoms with E-state index in [9.17, 15) is 37.7 Å². The first-order valence-electron chi connectivity index (χ1n) is 15.6. The fraction of sp³-hybridized carbons (Fsp3) is 0.0526. The normalized spacial score (nSPS) is 17.1. The summed E-state index contributed by atoms with van der Waals surface area (Å²) in [6.45, 7) is 15.0. The molecule has 0 bridgehead atoms.